The van der Waals surface area contributed by atoms with Gasteiger partial charge in [-0.25, -0.2) is 0 Å². The van der Waals surface area contributed by atoms with Gasteiger partial charge in [-0.2, -0.15) is 11.8 Å². The van der Waals surface area contributed by atoms with Crippen LogP contribution in [0, 0.1) is 20.0 Å². The molecule has 0 spiro atoms. The molecule has 0 unspecified atom stereocenters. The maximum absolute atomic E-state index is 12.8. The Morgan fingerprint density at radius 1 is 0.750 bits per heavy atom. The van der Waals surface area contributed by atoms with Crippen molar-refractivity contribution in [2.75, 3.05) is 11.5 Å². The molecule has 2 rings (SSSR count). The molecular weight excluding hydrogens is 400 g/mol. The van der Waals surface area contributed by atoms with Crippen LogP contribution in [0.15, 0.2) is 21.5 Å². The first-order chi connectivity index (χ1) is 10.6. The molecule has 1 saturated heterocycles. The van der Waals surface area contributed by atoms with Gasteiger partial charge in [0.05, 0.1) is 16.1 Å². The number of allylic oxidation sites excluding steroid dienone is 2. The second-order valence-corrected chi connectivity index (χ2v) is 18.0. The number of Topliss-reactive ketones (excluding diaryl/α,β-unsaturated/α-hetero) is 1. The molecule has 1 aliphatic carbocycles. The summed E-state index contributed by atoms with van der Waals surface area (Å²) in [6.45, 7) is 27.3. The van der Waals surface area contributed by atoms with Gasteiger partial charge in [0.25, 0.3) is 0 Å². The summed E-state index contributed by atoms with van der Waals surface area (Å²) in [7, 11) is -2.99. The molecule has 0 radical (unpaired) electrons. The Hall–Kier alpha value is -0.327. The minimum absolute atomic E-state index is 0. The van der Waals surface area contributed by atoms with Crippen LogP contribution in [0.4, 0.5) is 0 Å². The van der Waals surface area contributed by atoms with Crippen molar-refractivity contribution in [3.05, 3.63) is 41.5 Å². The topological polar surface area (TPSA) is 76.8 Å². The van der Waals surface area contributed by atoms with Gasteiger partial charge in [0.2, 0.25) is 0 Å². The van der Waals surface area contributed by atoms with E-state index in [-0.39, 0.29) is 17.1 Å². The number of hydrogen-bond donors (Lipinski definition) is 0. The standard InChI is InChI=1S/C13H22OSSi2.3CO.Fe/c1-16(2,3)12-9-7-15-8-10(9)13(11(12)14)17(4,5)6;3*1-2;/h7-8H2,1-6H3;;;;. The van der Waals surface area contributed by atoms with Crippen molar-refractivity contribution in [3.63, 3.8) is 0 Å². The monoisotopic (exact) mass is 422 g/mol. The van der Waals surface area contributed by atoms with E-state index in [1.54, 1.807) is 0 Å². The molecule has 0 aromatic heterocycles. The molecule has 0 atom stereocenters. The van der Waals surface area contributed by atoms with E-state index in [0.717, 1.165) is 11.5 Å². The van der Waals surface area contributed by atoms with E-state index in [1.165, 1.54) is 21.5 Å². The molecule has 0 saturated carbocycles. The van der Waals surface area contributed by atoms with E-state index in [0.29, 0.717) is 5.78 Å². The number of hydrogen-bond acceptors (Lipinski definition) is 2. The second-order valence-electron chi connectivity index (χ2n) is 7.03. The van der Waals surface area contributed by atoms with Crippen molar-refractivity contribution >= 4 is 33.7 Å². The molecule has 1 aliphatic heterocycles. The van der Waals surface area contributed by atoms with Crippen LogP contribution in [-0.2, 0) is 35.8 Å². The molecule has 0 amide bonds. The van der Waals surface area contributed by atoms with Gasteiger partial charge < -0.3 is 0 Å². The van der Waals surface area contributed by atoms with Crippen LogP contribution in [0.2, 0.25) is 39.3 Å². The Morgan fingerprint density at radius 3 is 1.21 bits per heavy atom. The summed E-state index contributed by atoms with van der Waals surface area (Å²) in [6, 6.07) is 0. The smallest absolute Gasteiger partial charge is 0 e. The fraction of sp³-hybridized carbons (Fsp3) is 0.500. The van der Waals surface area contributed by atoms with Gasteiger partial charge in [0.15, 0.2) is 5.78 Å². The minimum Gasteiger partial charge on any atom is 0 e. The summed E-state index contributed by atoms with van der Waals surface area (Å²) in [5, 5.41) is 2.49. The molecule has 2 aliphatic rings. The van der Waals surface area contributed by atoms with Gasteiger partial charge in [-0.15, -0.1) is 0 Å². The Morgan fingerprint density at radius 2 is 1.00 bits per heavy atom. The first kappa shape index (κ1) is 28.5. The zero-order valence-corrected chi connectivity index (χ0v) is 18.7. The van der Waals surface area contributed by atoms with Crippen molar-refractivity contribution < 1.29 is 35.8 Å². The normalized spacial score (nSPS) is 15.6. The molecule has 0 bridgehead atoms. The van der Waals surface area contributed by atoms with Crippen LogP contribution in [-0.4, -0.2) is 33.4 Å². The Bertz CT molecular complexity index is 521. The van der Waals surface area contributed by atoms with Crippen molar-refractivity contribution in [1.29, 1.82) is 0 Å². The molecule has 1 fully saturated rings. The predicted octanol–water partition coefficient (Wildman–Crippen LogP) is 3.55. The van der Waals surface area contributed by atoms with Gasteiger partial charge in [-0.3, -0.25) is 4.79 Å². The second kappa shape index (κ2) is 12.1. The molecule has 0 aromatic carbocycles. The molecular formula is C16H22FeO4SSi2. The predicted molar refractivity (Wildman–Crippen MR) is 94.9 cm³/mol. The van der Waals surface area contributed by atoms with Crippen LogP contribution in [0.3, 0.4) is 0 Å². The van der Waals surface area contributed by atoms with Crippen molar-refractivity contribution in [3.8, 4) is 0 Å². The van der Waals surface area contributed by atoms with Crippen LogP contribution in [0.25, 0.3) is 0 Å². The van der Waals surface area contributed by atoms with E-state index < -0.39 is 16.1 Å². The number of thioether (sulfide) groups is 1. The van der Waals surface area contributed by atoms with Gasteiger partial charge in [0.1, 0.15) is 0 Å². The summed E-state index contributed by atoms with van der Waals surface area (Å²) in [6.07, 6.45) is 0. The Kier molecular flexibility index (Phi) is 14.4. The van der Waals surface area contributed by atoms with Crippen LogP contribution in [0.5, 0.6) is 0 Å². The van der Waals surface area contributed by atoms with Gasteiger partial charge in [-0.1, -0.05) is 39.3 Å². The third-order valence-electron chi connectivity index (χ3n) is 3.41. The summed E-state index contributed by atoms with van der Waals surface area (Å²) in [4.78, 5) is 12.8. The Balaban J connectivity index is -0.000000569. The first-order valence-corrected chi connectivity index (χ1v) is 15.0. The van der Waals surface area contributed by atoms with Gasteiger partial charge in [-0.05, 0) is 21.5 Å². The first-order valence-electron chi connectivity index (χ1n) is 6.85. The molecule has 132 valence electrons. The van der Waals surface area contributed by atoms with E-state index in [9.17, 15) is 4.79 Å². The fourth-order valence-electron chi connectivity index (χ4n) is 2.86. The molecule has 24 heavy (non-hydrogen) atoms. The maximum Gasteiger partial charge on any atom is 0 e. The average molecular weight is 422 g/mol. The zero-order valence-electron chi connectivity index (χ0n) is 14.8. The molecule has 0 aromatic rings. The maximum atomic E-state index is 12.8. The number of carbonyl (C=O) groups excluding carboxylic acids is 1. The largest absolute Gasteiger partial charge is 0 e. The third-order valence-corrected chi connectivity index (χ3v) is 8.46. The number of rotatable bonds is 2. The quantitative estimate of drug-likeness (QED) is 0.388. The molecule has 1 heterocycles. The summed E-state index contributed by atoms with van der Waals surface area (Å²) >= 11 is 1.98. The van der Waals surface area contributed by atoms with Crippen molar-refractivity contribution in [2.45, 2.75) is 39.3 Å². The van der Waals surface area contributed by atoms with Crippen LogP contribution in [0.1, 0.15) is 0 Å². The fourth-order valence-corrected chi connectivity index (χ4v) is 8.29. The third kappa shape index (κ3) is 6.53. The summed E-state index contributed by atoms with van der Waals surface area (Å²) in [5.74, 6) is 2.59. The van der Waals surface area contributed by atoms with Crippen LogP contribution >= 0.6 is 11.8 Å². The van der Waals surface area contributed by atoms with E-state index >= 15 is 0 Å². The molecule has 8 heteroatoms. The van der Waals surface area contributed by atoms with Crippen LogP contribution < -0.4 is 0 Å². The zero-order chi connectivity index (χ0) is 19.0. The summed E-state index contributed by atoms with van der Waals surface area (Å²) in [5.41, 5.74) is 2.88. The average Bonchev–Trinajstić information content (AvgIpc) is 3.01. The Labute approximate surface area is 161 Å². The van der Waals surface area contributed by atoms with Crippen molar-refractivity contribution in [1.82, 2.24) is 0 Å². The van der Waals surface area contributed by atoms with Crippen molar-refractivity contribution in [2.24, 2.45) is 0 Å². The SMILES string of the molecule is C[Si](C)(C)C1=C2CSCC2=C([Si](C)(C)C)C1=O.[C-]#[O+].[C-]#[O+].[C-]#[O+].[Fe]. The number of carbonyl (C=O) groups is 1. The van der Waals surface area contributed by atoms with E-state index in [1.807, 2.05) is 11.8 Å². The number of ketones is 1. The molecule has 0 N–H and O–H groups in total. The minimum atomic E-state index is -1.50. The van der Waals surface area contributed by atoms with E-state index in [2.05, 4.69) is 59.2 Å². The van der Waals surface area contributed by atoms with Gasteiger partial charge in [0, 0.05) is 28.6 Å². The molecule has 4 nitrogen and oxygen atoms in total. The summed E-state index contributed by atoms with van der Waals surface area (Å²) < 4.78 is 22.5. The van der Waals surface area contributed by atoms with E-state index in [4.69, 9.17) is 14.0 Å². The van der Waals surface area contributed by atoms with Gasteiger partial charge >= 0.3 is 33.9 Å². The number of fused-ring (bicyclic) bond motifs is 1.